The summed E-state index contributed by atoms with van der Waals surface area (Å²) in [7, 11) is 1.83. The van der Waals surface area contributed by atoms with Gasteiger partial charge < -0.3 is 11.1 Å². The number of benzene rings is 1. The highest BCUT2D eigenvalue weighted by atomic mass is 79.9. The Morgan fingerprint density at radius 3 is 2.84 bits per heavy atom. The zero-order valence-corrected chi connectivity index (χ0v) is 13.5. The lowest BCUT2D eigenvalue weighted by atomic mass is 10.2. The van der Waals surface area contributed by atoms with Crippen LogP contribution in [0.5, 0.6) is 0 Å². The molecule has 0 atom stereocenters. The van der Waals surface area contributed by atoms with Gasteiger partial charge in [0.25, 0.3) is 0 Å². The number of thiocarbonyl (C=S) groups is 1. The minimum atomic E-state index is 0.311. The van der Waals surface area contributed by atoms with Crippen LogP contribution in [-0.2, 0) is 7.05 Å². The van der Waals surface area contributed by atoms with E-state index in [4.69, 9.17) is 29.6 Å². The van der Waals surface area contributed by atoms with Gasteiger partial charge in [-0.1, -0.05) is 29.9 Å². The molecule has 100 valence electrons. The molecule has 0 bridgehead atoms. The Bertz CT molecular complexity index is 653. The molecular formula is C12H12BrClN4S. The maximum atomic E-state index is 6.07. The number of rotatable bonds is 3. The summed E-state index contributed by atoms with van der Waals surface area (Å²) in [5.74, 6) is 0.743. The maximum Gasteiger partial charge on any atom is 0.138 e. The van der Waals surface area contributed by atoms with E-state index in [0.717, 1.165) is 27.2 Å². The number of nitrogens with two attached hydrogens (primary N) is 1. The predicted molar refractivity (Wildman–Crippen MR) is 86.3 cm³/mol. The van der Waals surface area contributed by atoms with Crippen LogP contribution in [0.4, 0.5) is 11.5 Å². The smallest absolute Gasteiger partial charge is 0.138 e. The number of nitrogens with zero attached hydrogens (tertiary/aromatic N) is 2. The van der Waals surface area contributed by atoms with E-state index < -0.39 is 0 Å². The highest BCUT2D eigenvalue weighted by Gasteiger charge is 2.16. The first-order valence-electron chi connectivity index (χ1n) is 5.46. The van der Waals surface area contributed by atoms with E-state index >= 15 is 0 Å². The molecule has 3 N–H and O–H groups in total. The molecule has 0 saturated heterocycles. The van der Waals surface area contributed by atoms with Crippen molar-refractivity contribution in [1.82, 2.24) is 9.78 Å². The van der Waals surface area contributed by atoms with Crippen molar-refractivity contribution in [3.05, 3.63) is 39.0 Å². The Kier molecular flexibility index (Phi) is 4.13. The topological polar surface area (TPSA) is 55.9 Å². The predicted octanol–water partition coefficient (Wildman–Crippen LogP) is 3.52. The Morgan fingerprint density at radius 2 is 2.21 bits per heavy atom. The fraction of sp³-hybridized carbons (Fsp3) is 0.167. The van der Waals surface area contributed by atoms with Crippen molar-refractivity contribution in [2.45, 2.75) is 6.92 Å². The molecule has 4 nitrogen and oxygen atoms in total. The molecule has 0 spiro atoms. The molecule has 0 unspecified atom stereocenters. The van der Waals surface area contributed by atoms with Gasteiger partial charge in [0.05, 0.1) is 26.4 Å². The molecule has 0 fully saturated rings. The lowest BCUT2D eigenvalue weighted by Crippen LogP contribution is -2.13. The number of nitrogens with one attached hydrogen (secondary N) is 1. The first-order chi connectivity index (χ1) is 8.91. The highest BCUT2D eigenvalue weighted by Crippen LogP contribution is 2.33. The highest BCUT2D eigenvalue weighted by molar-refractivity contribution is 9.10. The second kappa shape index (κ2) is 5.48. The van der Waals surface area contributed by atoms with Gasteiger partial charge in [0, 0.05) is 7.05 Å². The molecule has 1 aromatic heterocycles. The van der Waals surface area contributed by atoms with Crippen molar-refractivity contribution in [2.75, 3.05) is 5.32 Å². The average Bonchev–Trinajstić information content (AvgIpc) is 2.60. The number of aryl methyl sites for hydroxylation is 2. The van der Waals surface area contributed by atoms with Crippen LogP contribution in [0.25, 0.3) is 0 Å². The van der Waals surface area contributed by atoms with Gasteiger partial charge in [-0.3, -0.25) is 4.68 Å². The number of halogens is 2. The first kappa shape index (κ1) is 14.3. The van der Waals surface area contributed by atoms with Crippen molar-refractivity contribution in [1.29, 1.82) is 0 Å². The number of aromatic nitrogens is 2. The normalized spacial score (nSPS) is 10.5. The van der Waals surface area contributed by atoms with Crippen LogP contribution in [-0.4, -0.2) is 14.8 Å². The molecule has 0 radical (unpaired) electrons. The molecule has 0 aliphatic rings. The molecule has 19 heavy (non-hydrogen) atoms. The zero-order chi connectivity index (χ0) is 14.2. The molecular weight excluding hydrogens is 348 g/mol. The number of anilines is 2. The lowest BCUT2D eigenvalue weighted by Gasteiger charge is -2.11. The van der Waals surface area contributed by atoms with E-state index in [0.29, 0.717) is 10.0 Å². The van der Waals surface area contributed by atoms with Gasteiger partial charge in [-0.15, -0.1) is 0 Å². The largest absolute Gasteiger partial charge is 0.389 e. The third-order valence-electron chi connectivity index (χ3n) is 2.67. The molecule has 2 aromatic rings. The number of hydrogen-bond donors (Lipinski definition) is 2. The van der Waals surface area contributed by atoms with E-state index in [2.05, 4.69) is 26.3 Å². The Labute approximate surface area is 130 Å². The molecule has 2 rings (SSSR count). The van der Waals surface area contributed by atoms with Crippen LogP contribution in [0.1, 0.15) is 11.3 Å². The van der Waals surface area contributed by atoms with Gasteiger partial charge in [0.15, 0.2) is 0 Å². The van der Waals surface area contributed by atoms with Crippen LogP contribution < -0.4 is 11.1 Å². The van der Waals surface area contributed by atoms with Crippen molar-refractivity contribution < 1.29 is 0 Å². The summed E-state index contributed by atoms with van der Waals surface area (Å²) in [6.07, 6.45) is 0. The molecule has 0 aliphatic carbocycles. The minimum Gasteiger partial charge on any atom is -0.389 e. The van der Waals surface area contributed by atoms with E-state index in [1.807, 2.05) is 26.1 Å². The average molecular weight is 360 g/mol. The van der Waals surface area contributed by atoms with Gasteiger partial charge in [-0.25, -0.2) is 0 Å². The van der Waals surface area contributed by atoms with Crippen molar-refractivity contribution in [3.63, 3.8) is 0 Å². The Morgan fingerprint density at radius 1 is 1.53 bits per heavy atom. The van der Waals surface area contributed by atoms with Crippen molar-refractivity contribution in [3.8, 4) is 0 Å². The van der Waals surface area contributed by atoms with Crippen LogP contribution in [0.3, 0.4) is 0 Å². The SMILES string of the molecule is Cc1nn(C)c(Nc2cccc(Cl)c2Br)c1C(N)=S. The van der Waals surface area contributed by atoms with Crippen LogP contribution in [0.15, 0.2) is 22.7 Å². The molecule has 1 aromatic carbocycles. The van der Waals surface area contributed by atoms with Gasteiger partial charge >= 0.3 is 0 Å². The molecule has 7 heteroatoms. The zero-order valence-electron chi connectivity index (χ0n) is 10.4. The van der Waals surface area contributed by atoms with Gasteiger partial charge in [0.2, 0.25) is 0 Å². The second-order valence-electron chi connectivity index (χ2n) is 4.02. The summed E-state index contributed by atoms with van der Waals surface area (Å²) in [4.78, 5) is 0.311. The summed E-state index contributed by atoms with van der Waals surface area (Å²) in [5, 5.41) is 8.20. The molecule has 0 saturated carbocycles. The minimum absolute atomic E-state index is 0.311. The van der Waals surface area contributed by atoms with E-state index in [9.17, 15) is 0 Å². The van der Waals surface area contributed by atoms with E-state index in [1.54, 1.807) is 10.7 Å². The van der Waals surface area contributed by atoms with E-state index in [1.165, 1.54) is 0 Å². The standard InChI is InChI=1S/C12H12BrClN4S/c1-6-9(11(15)19)12(18(2)17-6)16-8-5-3-4-7(14)10(8)13/h3-5,16H,1-2H3,(H2,15,19). The monoisotopic (exact) mass is 358 g/mol. The third-order valence-corrected chi connectivity index (χ3v) is 4.27. The fourth-order valence-corrected chi connectivity index (χ4v) is 2.61. The molecule has 0 aliphatic heterocycles. The maximum absolute atomic E-state index is 6.07. The summed E-state index contributed by atoms with van der Waals surface area (Å²) in [5.41, 5.74) is 8.11. The van der Waals surface area contributed by atoms with Gasteiger partial charge in [0.1, 0.15) is 10.8 Å². The van der Waals surface area contributed by atoms with Crippen molar-refractivity contribution in [2.24, 2.45) is 12.8 Å². The van der Waals surface area contributed by atoms with E-state index in [-0.39, 0.29) is 0 Å². The summed E-state index contributed by atoms with van der Waals surface area (Å²) in [6, 6.07) is 5.57. The van der Waals surface area contributed by atoms with Gasteiger partial charge in [-0.2, -0.15) is 5.10 Å². The van der Waals surface area contributed by atoms with Crippen LogP contribution in [0.2, 0.25) is 5.02 Å². The Hall–Kier alpha value is -1.11. The first-order valence-corrected chi connectivity index (χ1v) is 7.04. The molecule has 1 heterocycles. The quantitative estimate of drug-likeness (QED) is 0.823. The Balaban J connectivity index is 2.49. The number of hydrogen-bond acceptors (Lipinski definition) is 3. The third kappa shape index (κ3) is 2.75. The fourth-order valence-electron chi connectivity index (χ4n) is 1.82. The molecule has 0 amide bonds. The summed E-state index contributed by atoms with van der Waals surface area (Å²) in [6.45, 7) is 1.87. The summed E-state index contributed by atoms with van der Waals surface area (Å²) < 4.78 is 2.49. The summed E-state index contributed by atoms with van der Waals surface area (Å²) >= 11 is 14.6. The van der Waals surface area contributed by atoms with Crippen molar-refractivity contribution >= 4 is 56.2 Å². The second-order valence-corrected chi connectivity index (χ2v) is 5.66. The van der Waals surface area contributed by atoms with Gasteiger partial charge in [-0.05, 0) is 35.0 Å². The van der Waals surface area contributed by atoms with Crippen LogP contribution in [0, 0.1) is 6.92 Å². The van der Waals surface area contributed by atoms with Crippen LogP contribution >= 0.6 is 39.7 Å². The lowest BCUT2D eigenvalue weighted by molar-refractivity contribution is 0.765.